The van der Waals surface area contributed by atoms with Gasteiger partial charge < -0.3 is 16.2 Å². The molecule has 0 radical (unpaired) electrons. The van der Waals surface area contributed by atoms with Crippen LogP contribution in [0.2, 0.25) is 5.15 Å². The van der Waals surface area contributed by atoms with E-state index < -0.39 is 12.0 Å². The molecule has 0 spiro atoms. The van der Waals surface area contributed by atoms with Gasteiger partial charge in [0.15, 0.2) is 11.0 Å². The molecule has 0 saturated carbocycles. The highest BCUT2D eigenvalue weighted by Gasteiger charge is 2.14. The third-order valence-electron chi connectivity index (χ3n) is 2.92. The van der Waals surface area contributed by atoms with Gasteiger partial charge in [0.25, 0.3) is 5.91 Å². The number of rotatable bonds is 5. The summed E-state index contributed by atoms with van der Waals surface area (Å²) in [7, 11) is 0. The first-order chi connectivity index (χ1) is 9.97. The van der Waals surface area contributed by atoms with Gasteiger partial charge in [0.2, 0.25) is 0 Å². The van der Waals surface area contributed by atoms with Gasteiger partial charge in [0.1, 0.15) is 0 Å². The van der Waals surface area contributed by atoms with Gasteiger partial charge in [0.05, 0.1) is 11.7 Å². The number of aliphatic hydroxyl groups is 1. The molecule has 1 aromatic heterocycles. The van der Waals surface area contributed by atoms with Crippen molar-refractivity contribution in [1.29, 1.82) is 0 Å². The van der Waals surface area contributed by atoms with Gasteiger partial charge in [-0.05, 0) is 18.6 Å². The van der Waals surface area contributed by atoms with Crippen LogP contribution in [0.3, 0.4) is 0 Å². The van der Waals surface area contributed by atoms with Crippen LogP contribution >= 0.6 is 11.6 Å². The molecule has 1 unspecified atom stereocenters. The first-order valence-electron chi connectivity index (χ1n) is 6.29. The maximum atomic E-state index is 11.3. The Kier molecular flexibility index (Phi) is 4.72. The van der Waals surface area contributed by atoms with E-state index in [4.69, 9.17) is 17.3 Å². The summed E-state index contributed by atoms with van der Waals surface area (Å²) in [4.78, 5) is 11.3. The molecular formula is C14H15ClN4O2. The van der Waals surface area contributed by atoms with Gasteiger partial charge in [-0.25, -0.2) is 0 Å². The molecule has 1 aromatic carbocycles. The SMILES string of the molecule is Cc1cccc(C(O)CNc2nnc(Cl)cc2C(N)=O)c1. The molecule has 2 rings (SSSR count). The van der Waals surface area contributed by atoms with Crippen molar-refractivity contribution in [3.8, 4) is 0 Å². The molecule has 1 heterocycles. The van der Waals surface area contributed by atoms with Crippen molar-refractivity contribution in [2.75, 3.05) is 11.9 Å². The Bertz CT molecular complexity index is 663. The van der Waals surface area contributed by atoms with Crippen LogP contribution in [0, 0.1) is 6.92 Å². The number of primary amides is 1. The number of aryl methyl sites for hydroxylation is 1. The number of hydrogen-bond donors (Lipinski definition) is 3. The van der Waals surface area contributed by atoms with E-state index in [9.17, 15) is 9.90 Å². The summed E-state index contributed by atoms with van der Waals surface area (Å²) in [5.41, 5.74) is 7.20. The minimum Gasteiger partial charge on any atom is -0.387 e. The van der Waals surface area contributed by atoms with Gasteiger partial charge in [0, 0.05) is 6.54 Å². The summed E-state index contributed by atoms with van der Waals surface area (Å²) in [6.07, 6.45) is -0.747. The molecular weight excluding hydrogens is 292 g/mol. The van der Waals surface area contributed by atoms with Crippen molar-refractivity contribution in [1.82, 2.24) is 10.2 Å². The number of nitrogens with one attached hydrogen (secondary N) is 1. The number of amides is 1. The molecule has 0 saturated heterocycles. The quantitative estimate of drug-likeness (QED) is 0.780. The zero-order valence-corrected chi connectivity index (χ0v) is 12.1. The molecule has 0 fully saturated rings. The second kappa shape index (κ2) is 6.51. The summed E-state index contributed by atoms with van der Waals surface area (Å²) in [5.74, 6) is -0.474. The normalized spacial score (nSPS) is 12.0. The molecule has 4 N–H and O–H groups in total. The van der Waals surface area contributed by atoms with Crippen molar-refractivity contribution in [2.45, 2.75) is 13.0 Å². The fraction of sp³-hybridized carbons (Fsp3) is 0.214. The number of halogens is 1. The fourth-order valence-electron chi connectivity index (χ4n) is 1.87. The zero-order chi connectivity index (χ0) is 15.4. The van der Waals surface area contributed by atoms with Crippen LogP contribution < -0.4 is 11.1 Å². The molecule has 6 nitrogen and oxygen atoms in total. The summed E-state index contributed by atoms with van der Waals surface area (Å²) in [6, 6.07) is 8.85. The van der Waals surface area contributed by atoms with Gasteiger partial charge in [-0.3, -0.25) is 4.79 Å². The van der Waals surface area contributed by atoms with Crippen molar-refractivity contribution in [3.63, 3.8) is 0 Å². The molecule has 1 amide bonds. The van der Waals surface area contributed by atoms with Crippen LogP contribution in [-0.4, -0.2) is 27.8 Å². The number of nitrogens with zero attached hydrogens (tertiary/aromatic N) is 2. The average Bonchev–Trinajstić information content (AvgIpc) is 2.45. The molecule has 0 aliphatic heterocycles. The molecule has 1 atom stereocenters. The van der Waals surface area contributed by atoms with Crippen LogP contribution in [0.1, 0.15) is 27.6 Å². The lowest BCUT2D eigenvalue weighted by Gasteiger charge is -2.14. The Balaban J connectivity index is 2.11. The Morgan fingerprint density at radius 3 is 2.86 bits per heavy atom. The highest BCUT2D eigenvalue weighted by atomic mass is 35.5. The van der Waals surface area contributed by atoms with Gasteiger partial charge in [-0.2, -0.15) is 0 Å². The Labute approximate surface area is 127 Å². The summed E-state index contributed by atoms with van der Waals surface area (Å²) in [6.45, 7) is 2.11. The Morgan fingerprint density at radius 1 is 1.43 bits per heavy atom. The largest absolute Gasteiger partial charge is 0.387 e. The maximum absolute atomic E-state index is 11.3. The molecule has 21 heavy (non-hydrogen) atoms. The van der Waals surface area contributed by atoms with E-state index in [1.807, 2.05) is 31.2 Å². The van der Waals surface area contributed by atoms with Gasteiger partial charge in [-0.15, -0.1) is 10.2 Å². The number of aliphatic hydroxyl groups excluding tert-OH is 1. The van der Waals surface area contributed by atoms with E-state index in [1.165, 1.54) is 6.07 Å². The number of carbonyl (C=O) groups excluding carboxylic acids is 1. The first-order valence-corrected chi connectivity index (χ1v) is 6.66. The van der Waals surface area contributed by atoms with Crippen molar-refractivity contribution in [2.24, 2.45) is 5.73 Å². The monoisotopic (exact) mass is 306 g/mol. The van der Waals surface area contributed by atoms with E-state index in [2.05, 4.69) is 15.5 Å². The van der Waals surface area contributed by atoms with Crippen LogP contribution in [0.15, 0.2) is 30.3 Å². The van der Waals surface area contributed by atoms with Crippen LogP contribution in [0.25, 0.3) is 0 Å². The number of carbonyl (C=O) groups is 1. The zero-order valence-electron chi connectivity index (χ0n) is 11.4. The predicted octanol–water partition coefficient (Wildman–Crippen LogP) is 1.68. The van der Waals surface area contributed by atoms with E-state index in [-0.39, 0.29) is 23.1 Å². The second-order valence-electron chi connectivity index (χ2n) is 4.60. The van der Waals surface area contributed by atoms with Gasteiger partial charge in [-0.1, -0.05) is 41.4 Å². The summed E-state index contributed by atoms with van der Waals surface area (Å²) in [5, 5.41) is 20.5. The van der Waals surface area contributed by atoms with E-state index in [1.54, 1.807) is 0 Å². The highest BCUT2D eigenvalue weighted by Crippen LogP contribution is 2.18. The van der Waals surface area contributed by atoms with Crippen LogP contribution in [0.5, 0.6) is 0 Å². The van der Waals surface area contributed by atoms with E-state index >= 15 is 0 Å². The molecule has 0 aliphatic rings. The number of nitrogens with two attached hydrogens (primary N) is 1. The number of aromatic nitrogens is 2. The average molecular weight is 307 g/mol. The van der Waals surface area contributed by atoms with Gasteiger partial charge >= 0.3 is 0 Å². The molecule has 0 aliphatic carbocycles. The third kappa shape index (κ3) is 3.90. The smallest absolute Gasteiger partial charge is 0.252 e. The number of benzene rings is 1. The lowest BCUT2D eigenvalue weighted by Crippen LogP contribution is -2.19. The second-order valence-corrected chi connectivity index (χ2v) is 4.99. The third-order valence-corrected chi connectivity index (χ3v) is 3.10. The Morgan fingerprint density at radius 2 is 2.19 bits per heavy atom. The van der Waals surface area contributed by atoms with E-state index in [0.29, 0.717) is 0 Å². The molecule has 0 bridgehead atoms. The predicted molar refractivity (Wildman–Crippen MR) is 80.2 cm³/mol. The molecule has 7 heteroatoms. The minimum atomic E-state index is -0.747. The summed E-state index contributed by atoms with van der Waals surface area (Å²) >= 11 is 5.68. The number of anilines is 1. The van der Waals surface area contributed by atoms with Crippen molar-refractivity contribution >= 4 is 23.3 Å². The lowest BCUT2D eigenvalue weighted by molar-refractivity contribution is 0.100. The lowest BCUT2D eigenvalue weighted by atomic mass is 10.1. The fourth-order valence-corrected chi connectivity index (χ4v) is 2.02. The molecule has 110 valence electrons. The van der Waals surface area contributed by atoms with Crippen molar-refractivity contribution < 1.29 is 9.90 Å². The maximum Gasteiger partial charge on any atom is 0.252 e. The standard InChI is InChI=1S/C14H15ClN4O2/c1-8-3-2-4-9(5-8)11(20)7-17-14-10(13(16)21)6-12(15)18-19-14/h2-6,11,20H,7H2,1H3,(H2,16,21)(H,17,19). The summed E-state index contributed by atoms with van der Waals surface area (Å²) < 4.78 is 0. The van der Waals surface area contributed by atoms with Crippen LogP contribution in [0.4, 0.5) is 5.82 Å². The first kappa shape index (κ1) is 15.2. The van der Waals surface area contributed by atoms with E-state index in [0.717, 1.165) is 11.1 Å². The Hall–Kier alpha value is -2.18. The van der Waals surface area contributed by atoms with Crippen LogP contribution in [-0.2, 0) is 0 Å². The molecule has 2 aromatic rings. The number of hydrogen-bond acceptors (Lipinski definition) is 5. The minimum absolute atomic E-state index is 0.0774. The highest BCUT2D eigenvalue weighted by molar-refractivity contribution is 6.29. The van der Waals surface area contributed by atoms with Crippen molar-refractivity contribution in [3.05, 3.63) is 52.2 Å². The topological polar surface area (TPSA) is 101 Å².